The molecular formula is C21H21N5O3. The standard InChI is InChI=1S/C21H21N5O3/c1-13-7-6-10-18(23-13)26-17(11-14(2)25-26)21(29)24-16(19(27)20(22)28)12-15-8-4-3-5-9-15/h3-11,16H,12H2,1-2H3,(H2,22,28)(H,24,29). The Kier molecular flexibility index (Phi) is 5.82. The van der Waals surface area contributed by atoms with Gasteiger partial charge in [0.1, 0.15) is 11.7 Å². The molecule has 8 nitrogen and oxygen atoms in total. The van der Waals surface area contributed by atoms with Crippen LogP contribution in [0.5, 0.6) is 0 Å². The summed E-state index contributed by atoms with van der Waals surface area (Å²) >= 11 is 0. The van der Waals surface area contributed by atoms with E-state index in [-0.39, 0.29) is 12.1 Å². The highest BCUT2D eigenvalue weighted by atomic mass is 16.2. The van der Waals surface area contributed by atoms with Gasteiger partial charge in [-0.15, -0.1) is 0 Å². The monoisotopic (exact) mass is 391 g/mol. The minimum absolute atomic E-state index is 0.143. The number of nitrogens with one attached hydrogen (secondary N) is 1. The fourth-order valence-corrected chi connectivity index (χ4v) is 2.95. The number of ketones is 1. The van der Waals surface area contributed by atoms with E-state index >= 15 is 0 Å². The summed E-state index contributed by atoms with van der Waals surface area (Å²) in [6, 6.07) is 14.9. The number of Topliss-reactive ketones (excluding diaryl/α,β-unsaturated/α-hetero) is 1. The minimum atomic E-state index is -1.10. The Hall–Kier alpha value is -3.81. The molecule has 0 bridgehead atoms. The molecule has 2 aromatic heterocycles. The highest BCUT2D eigenvalue weighted by Gasteiger charge is 2.27. The first-order valence-corrected chi connectivity index (χ1v) is 9.04. The van der Waals surface area contributed by atoms with E-state index in [0.29, 0.717) is 11.5 Å². The van der Waals surface area contributed by atoms with Crippen molar-refractivity contribution in [3.8, 4) is 5.82 Å². The summed E-state index contributed by atoms with van der Waals surface area (Å²) in [5, 5.41) is 6.95. The molecular weight excluding hydrogens is 370 g/mol. The van der Waals surface area contributed by atoms with E-state index in [1.54, 1.807) is 31.2 Å². The van der Waals surface area contributed by atoms with Crippen LogP contribution in [0.3, 0.4) is 0 Å². The molecule has 0 aliphatic rings. The van der Waals surface area contributed by atoms with E-state index in [4.69, 9.17) is 5.73 Å². The molecule has 148 valence electrons. The predicted octanol–water partition coefficient (Wildman–Crippen LogP) is 1.28. The molecule has 3 N–H and O–H groups in total. The van der Waals surface area contributed by atoms with Crippen LogP contribution in [-0.2, 0) is 16.0 Å². The van der Waals surface area contributed by atoms with Crippen LogP contribution >= 0.6 is 0 Å². The summed E-state index contributed by atoms with van der Waals surface area (Å²) in [7, 11) is 0. The lowest BCUT2D eigenvalue weighted by Gasteiger charge is -2.17. The lowest BCUT2D eigenvalue weighted by molar-refractivity contribution is -0.137. The molecule has 3 aromatic rings. The Balaban J connectivity index is 1.90. The van der Waals surface area contributed by atoms with Crippen molar-refractivity contribution in [3.05, 3.63) is 77.2 Å². The van der Waals surface area contributed by atoms with Gasteiger partial charge in [0.15, 0.2) is 5.82 Å². The summed E-state index contributed by atoms with van der Waals surface area (Å²) in [6.45, 7) is 3.58. The van der Waals surface area contributed by atoms with Crippen LogP contribution in [-0.4, -0.2) is 38.4 Å². The largest absolute Gasteiger partial charge is 0.363 e. The smallest absolute Gasteiger partial charge is 0.287 e. The Bertz CT molecular complexity index is 1060. The van der Waals surface area contributed by atoms with Crippen molar-refractivity contribution in [1.82, 2.24) is 20.1 Å². The van der Waals surface area contributed by atoms with Gasteiger partial charge >= 0.3 is 0 Å². The first-order valence-electron chi connectivity index (χ1n) is 9.04. The van der Waals surface area contributed by atoms with E-state index < -0.39 is 23.6 Å². The molecule has 0 fully saturated rings. The van der Waals surface area contributed by atoms with Crippen molar-refractivity contribution >= 4 is 17.6 Å². The Morgan fingerprint density at radius 1 is 1.03 bits per heavy atom. The van der Waals surface area contributed by atoms with Gasteiger partial charge in [-0.3, -0.25) is 14.4 Å². The maximum absolute atomic E-state index is 13.0. The number of carbonyl (C=O) groups is 3. The quantitative estimate of drug-likeness (QED) is 0.588. The molecule has 0 saturated carbocycles. The molecule has 2 amide bonds. The molecule has 0 spiro atoms. The van der Waals surface area contributed by atoms with E-state index in [0.717, 1.165) is 11.3 Å². The number of hydrogen-bond donors (Lipinski definition) is 2. The first kappa shape index (κ1) is 19.9. The van der Waals surface area contributed by atoms with Crippen LogP contribution in [0.1, 0.15) is 27.4 Å². The van der Waals surface area contributed by atoms with Gasteiger partial charge in [0.2, 0.25) is 5.78 Å². The number of primary amides is 1. The zero-order valence-electron chi connectivity index (χ0n) is 16.1. The zero-order valence-corrected chi connectivity index (χ0v) is 16.1. The number of carbonyl (C=O) groups excluding carboxylic acids is 3. The second kappa shape index (κ2) is 8.47. The normalized spacial score (nSPS) is 11.7. The van der Waals surface area contributed by atoms with E-state index in [1.165, 1.54) is 4.68 Å². The predicted molar refractivity (Wildman–Crippen MR) is 106 cm³/mol. The molecule has 0 saturated heterocycles. The topological polar surface area (TPSA) is 120 Å². The van der Waals surface area contributed by atoms with Gasteiger partial charge < -0.3 is 11.1 Å². The lowest BCUT2D eigenvalue weighted by Crippen LogP contribution is -2.47. The number of nitrogens with two attached hydrogens (primary N) is 1. The number of amides is 2. The first-order chi connectivity index (χ1) is 13.8. The van der Waals surface area contributed by atoms with Crippen LogP contribution in [0.4, 0.5) is 0 Å². The van der Waals surface area contributed by atoms with Gasteiger partial charge in [-0.1, -0.05) is 36.4 Å². The van der Waals surface area contributed by atoms with Crippen LogP contribution < -0.4 is 11.1 Å². The summed E-state index contributed by atoms with van der Waals surface area (Å²) in [6.07, 6.45) is 0.143. The molecule has 0 radical (unpaired) electrons. The van der Waals surface area contributed by atoms with Crippen molar-refractivity contribution in [2.24, 2.45) is 5.73 Å². The summed E-state index contributed by atoms with van der Waals surface area (Å²) in [5.41, 5.74) is 7.55. The zero-order chi connectivity index (χ0) is 21.0. The lowest BCUT2D eigenvalue weighted by atomic mass is 10.0. The fourth-order valence-electron chi connectivity index (χ4n) is 2.95. The third kappa shape index (κ3) is 4.73. The maximum Gasteiger partial charge on any atom is 0.287 e. The number of hydrogen-bond acceptors (Lipinski definition) is 5. The maximum atomic E-state index is 13.0. The van der Waals surface area contributed by atoms with Crippen LogP contribution in [0.2, 0.25) is 0 Å². The SMILES string of the molecule is Cc1cccc(-n2nc(C)cc2C(=O)NC(Cc2ccccc2)C(=O)C(N)=O)n1. The number of pyridine rings is 1. The highest BCUT2D eigenvalue weighted by molar-refractivity contribution is 6.38. The Labute approximate surface area is 167 Å². The van der Waals surface area contributed by atoms with Gasteiger partial charge in [-0.25, -0.2) is 9.67 Å². The van der Waals surface area contributed by atoms with Gasteiger partial charge in [0.25, 0.3) is 11.8 Å². The second-order valence-electron chi connectivity index (χ2n) is 6.66. The molecule has 1 unspecified atom stereocenters. The van der Waals surface area contributed by atoms with Gasteiger partial charge in [-0.05, 0) is 37.6 Å². The number of aromatic nitrogens is 3. The van der Waals surface area contributed by atoms with Gasteiger partial charge in [-0.2, -0.15) is 5.10 Å². The van der Waals surface area contributed by atoms with Crippen molar-refractivity contribution < 1.29 is 14.4 Å². The van der Waals surface area contributed by atoms with Crippen LogP contribution in [0.15, 0.2) is 54.6 Å². The molecule has 0 aliphatic carbocycles. The summed E-state index contributed by atoms with van der Waals surface area (Å²) < 4.78 is 1.41. The van der Waals surface area contributed by atoms with E-state index in [1.807, 2.05) is 37.3 Å². The number of rotatable bonds is 7. The van der Waals surface area contributed by atoms with Crippen molar-refractivity contribution in [1.29, 1.82) is 0 Å². The molecule has 2 heterocycles. The van der Waals surface area contributed by atoms with Crippen molar-refractivity contribution in [2.75, 3.05) is 0 Å². The van der Waals surface area contributed by atoms with Crippen molar-refractivity contribution in [2.45, 2.75) is 26.3 Å². The molecule has 1 aromatic carbocycles. The number of aryl methyl sites for hydroxylation is 2. The molecule has 0 aliphatic heterocycles. The number of benzene rings is 1. The fraction of sp³-hybridized carbons (Fsp3) is 0.190. The Morgan fingerprint density at radius 3 is 2.41 bits per heavy atom. The third-order valence-corrected chi connectivity index (χ3v) is 4.30. The Morgan fingerprint density at radius 2 is 1.76 bits per heavy atom. The summed E-state index contributed by atoms with van der Waals surface area (Å²) in [5.74, 6) is -2.04. The molecule has 1 atom stereocenters. The molecule has 8 heteroatoms. The van der Waals surface area contributed by atoms with Crippen molar-refractivity contribution in [3.63, 3.8) is 0 Å². The minimum Gasteiger partial charge on any atom is -0.363 e. The van der Waals surface area contributed by atoms with Crippen LogP contribution in [0.25, 0.3) is 5.82 Å². The van der Waals surface area contributed by atoms with Gasteiger partial charge in [0, 0.05) is 12.1 Å². The highest BCUT2D eigenvalue weighted by Crippen LogP contribution is 2.12. The third-order valence-electron chi connectivity index (χ3n) is 4.30. The number of nitrogens with zero attached hydrogens (tertiary/aromatic N) is 3. The summed E-state index contributed by atoms with van der Waals surface area (Å²) in [4.78, 5) is 41.1. The second-order valence-corrected chi connectivity index (χ2v) is 6.66. The molecule has 3 rings (SSSR count). The van der Waals surface area contributed by atoms with E-state index in [2.05, 4.69) is 15.4 Å². The van der Waals surface area contributed by atoms with E-state index in [9.17, 15) is 14.4 Å². The van der Waals surface area contributed by atoms with Gasteiger partial charge in [0.05, 0.1) is 5.69 Å². The average Bonchev–Trinajstić information content (AvgIpc) is 3.09. The van der Waals surface area contributed by atoms with Crippen LogP contribution in [0, 0.1) is 13.8 Å². The average molecular weight is 391 g/mol. The molecule has 29 heavy (non-hydrogen) atoms.